The smallest absolute Gasteiger partial charge is 0.256 e. The molecule has 1 amide bonds. The number of fused-ring (bicyclic) bond motifs is 1. The zero-order valence-electron chi connectivity index (χ0n) is 12.0. The second-order valence-electron chi connectivity index (χ2n) is 5.48. The zero-order chi connectivity index (χ0) is 15.0. The second kappa shape index (κ2) is 5.62. The van der Waals surface area contributed by atoms with E-state index >= 15 is 0 Å². The molecule has 2 heterocycles. The van der Waals surface area contributed by atoms with E-state index in [0.717, 1.165) is 10.8 Å². The summed E-state index contributed by atoms with van der Waals surface area (Å²) in [6, 6.07) is 7.58. The summed E-state index contributed by atoms with van der Waals surface area (Å²) in [5, 5.41) is 2.07. The predicted octanol–water partition coefficient (Wildman–Crippen LogP) is 3.14. The maximum atomic E-state index is 12.8. The fourth-order valence-electron chi connectivity index (χ4n) is 2.84. The van der Waals surface area contributed by atoms with Gasteiger partial charge in [0.15, 0.2) is 0 Å². The van der Waals surface area contributed by atoms with Gasteiger partial charge in [-0.1, -0.05) is 35.9 Å². The monoisotopic (exact) mass is 304 g/mol. The Morgan fingerprint density at radius 2 is 1.86 bits per heavy atom. The summed E-state index contributed by atoms with van der Waals surface area (Å²) in [4.78, 5) is 18.8. The SMILES string of the molecule is C[C@@H]1CN(C(=O)c2cnc(Cl)c3ccccc23)C[C@H](C)O1. The van der Waals surface area contributed by atoms with Gasteiger partial charge >= 0.3 is 0 Å². The molecule has 0 bridgehead atoms. The van der Waals surface area contributed by atoms with E-state index in [2.05, 4.69) is 4.98 Å². The highest BCUT2D eigenvalue weighted by atomic mass is 35.5. The van der Waals surface area contributed by atoms with Gasteiger partial charge in [0.2, 0.25) is 0 Å². The number of rotatable bonds is 1. The van der Waals surface area contributed by atoms with E-state index in [1.54, 1.807) is 6.20 Å². The Bertz CT molecular complexity index is 679. The van der Waals surface area contributed by atoms with Crippen LogP contribution < -0.4 is 0 Å². The fourth-order valence-corrected chi connectivity index (χ4v) is 3.06. The van der Waals surface area contributed by atoms with Crippen LogP contribution in [0.15, 0.2) is 30.5 Å². The number of nitrogens with zero attached hydrogens (tertiary/aromatic N) is 2. The maximum absolute atomic E-state index is 12.8. The van der Waals surface area contributed by atoms with E-state index in [4.69, 9.17) is 16.3 Å². The maximum Gasteiger partial charge on any atom is 0.256 e. The molecule has 5 heteroatoms. The van der Waals surface area contributed by atoms with Crippen molar-refractivity contribution in [1.29, 1.82) is 0 Å². The highest BCUT2D eigenvalue weighted by molar-refractivity contribution is 6.34. The minimum atomic E-state index is -0.0163. The van der Waals surface area contributed by atoms with E-state index in [1.807, 2.05) is 43.0 Å². The molecule has 1 fully saturated rings. The van der Waals surface area contributed by atoms with Crippen LogP contribution in [0.5, 0.6) is 0 Å². The van der Waals surface area contributed by atoms with Crippen molar-refractivity contribution in [2.45, 2.75) is 26.1 Å². The average molecular weight is 305 g/mol. The standard InChI is InChI=1S/C16H17ClN2O2/c1-10-8-19(9-11(2)21-10)16(20)14-7-18-15(17)13-6-4-3-5-12(13)14/h3-7,10-11H,8-9H2,1-2H3/t10-,11+. The molecule has 110 valence electrons. The number of aromatic nitrogens is 1. The molecule has 1 aliphatic heterocycles. The molecule has 2 atom stereocenters. The Morgan fingerprint density at radius 1 is 1.24 bits per heavy atom. The van der Waals surface area contributed by atoms with Gasteiger partial charge in [0.1, 0.15) is 5.15 Å². The van der Waals surface area contributed by atoms with E-state index < -0.39 is 0 Å². The van der Waals surface area contributed by atoms with Crippen LogP contribution in [-0.2, 0) is 4.74 Å². The highest BCUT2D eigenvalue weighted by Gasteiger charge is 2.27. The molecule has 1 saturated heterocycles. The third-order valence-corrected chi connectivity index (χ3v) is 3.98. The number of pyridine rings is 1. The summed E-state index contributed by atoms with van der Waals surface area (Å²) in [5.41, 5.74) is 0.594. The van der Waals surface area contributed by atoms with Crippen LogP contribution in [0, 0.1) is 0 Å². The highest BCUT2D eigenvalue weighted by Crippen LogP contribution is 2.26. The summed E-state index contributed by atoms with van der Waals surface area (Å²) in [6.07, 6.45) is 1.66. The molecule has 0 radical (unpaired) electrons. The first kappa shape index (κ1) is 14.3. The van der Waals surface area contributed by atoms with E-state index in [9.17, 15) is 4.79 Å². The van der Waals surface area contributed by atoms with Gasteiger partial charge < -0.3 is 9.64 Å². The first-order chi connectivity index (χ1) is 10.1. The van der Waals surface area contributed by atoms with Gasteiger partial charge in [-0.15, -0.1) is 0 Å². The van der Waals surface area contributed by atoms with Crippen molar-refractivity contribution >= 4 is 28.3 Å². The molecule has 4 nitrogen and oxygen atoms in total. The van der Waals surface area contributed by atoms with Crippen LogP contribution in [0.25, 0.3) is 10.8 Å². The number of benzene rings is 1. The van der Waals surface area contributed by atoms with E-state index in [0.29, 0.717) is 23.8 Å². The molecule has 3 rings (SSSR count). The lowest BCUT2D eigenvalue weighted by molar-refractivity contribution is -0.0585. The van der Waals surface area contributed by atoms with Gasteiger partial charge in [0, 0.05) is 24.7 Å². The van der Waals surface area contributed by atoms with Crippen LogP contribution in [0.2, 0.25) is 5.15 Å². The molecular weight excluding hydrogens is 288 g/mol. The van der Waals surface area contributed by atoms with Crippen molar-refractivity contribution in [2.75, 3.05) is 13.1 Å². The van der Waals surface area contributed by atoms with Crippen LogP contribution in [0.4, 0.5) is 0 Å². The summed E-state index contributed by atoms with van der Waals surface area (Å²) >= 11 is 6.11. The molecule has 0 N–H and O–H groups in total. The molecule has 1 aliphatic rings. The molecule has 0 unspecified atom stereocenters. The Balaban J connectivity index is 2.00. The number of amides is 1. The van der Waals surface area contributed by atoms with Gasteiger partial charge in [0.05, 0.1) is 17.8 Å². The first-order valence-corrected chi connectivity index (χ1v) is 7.42. The predicted molar refractivity (Wildman–Crippen MR) is 82.7 cm³/mol. The number of hydrogen-bond acceptors (Lipinski definition) is 3. The van der Waals surface area contributed by atoms with Gasteiger partial charge in [-0.3, -0.25) is 4.79 Å². The van der Waals surface area contributed by atoms with Crippen LogP contribution in [0.3, 0.4) is 0 Å². The Morgan fingerprint density at radius 3 is 2.52 bits per heavy atom. The molecule has 1 aromatic heterocycles. The van der Waals surface area contributed by atoms with Gasteiger partial charge in [-0.2, -0.15) is 0 Å². The van der Waals surface area contributed by atoms with Crippen molar-refractivity contribution < 1.29 is 9.53 Å². The quantitative estimate of drug-likeness (QED) is 0.760. The molecule has 21 heavy (non-hydrogen) atoms. The lowest BCUT2D eigenvalue weighted by Crippen LogP contribution is -2.48. The normalized spacial score (nSPS) is 22.5. The molecule has 0 aliphatic carbocycles. The van der Waals surface area contributed by atoms with Crippen molar-refractivity contribution in [3.63, 3.8) is 0 Å². The van der Waals surface area contributed by atoms with Crippen molar-refractivity contribution in [3.05, 3.63) is 41.2 Å². The third-order valence-electron chi connectivity index (χ3n) is 3.68. The van der Waals surface area contributed by atoms with E-state index in [-0.39, 0.29) is 18.1 Å². The number of halogens is 1. The molecule has 0 spiro atoms. The lowest BCUT2D eigenvalue weighted by Gasteiger charge is -2.35. The summed E-state index contributed by atoms with van der Waals surface area (Å²) in [7, 11) is 0. The van der Waals surface area contributed by atoms with Crippen LogP contribution in [-0.4, -0.2) is 41.1 Å². The average Bonchev–Trinajstić information content (AvgIpc) is 2.46. The van der Waals surface area contributed by atoms with Crippen molar-refractivity contribution in [1.82, 2.24) is 9.88 Å². The zero-order valence-corrected chi connectivity index (χ0v) is 12.8. The minimum absolute atomic E-state index is 0.0163. The number of morpholine rings is 1. The number of carbonyl (C=O) groups excluding carboxylic acids is 1. The van der Waals surface area contributed by atoms with Gasteiger partial charge in [0.25, 0.3) is 5.91 Å². The molecular formula is C16H17ClN2O2. The molecule has 1 aromatic carbocycles. The van der Waals surface area contributed by atoms with Crippen LogP contribution in [0.1, 0.15) is 24.2 Å². The van der Waals surface area contributed by atoms with Crippen molar-refractivity contribution in [2.24, 2.45) is 0 Å². The van der Waals surface area contributed by atoms with Crippen molar-refractivity contribution in [3.8, 4) is 0 Å². The lowest BCUT2D eigenvalue weighted by atomic mass is 10.1. The first-order valence-electron chi connectivity index (χ1n) is 7.04. The van der Waals surface area contributed by atoms with Gasteiger partial charge in [-0.05, 0) is 19.2 Å². The number of carbonyl (C=O) groups is 1. The summed E-state index contributed by atoms with van der Waals surface area (Å²) in [5.74, 6) is -0.0163. The molecule has 0 saturated carbocycles. The topological polar surface area (TPSA) is 42.4 Å². The summed E-state index contributed by atoms with van der Waals surface area (Å²) in [6.45, 7) is 5.16. The largest absolute Gasteiger partial charge is 0.372 e. The second-order valence-corrected chi connectivity index (χ2v) is 5.83. The van der Waals surface area contributed by atoms with Gasteiger partial charge in [-0.25, -0.2) is 4.98 Å². The molecule has 2 aromatic rings. The number of ether oxygens (including phenoxy) is 1. The fraction of sp³-hybridized carbons (Fsp3) is 0.375. The summed E-state index contributed by atoms with van der Waals surface area (Å²) < 4.78 is 5.68. The Kier molecular flexibility index (Phi) is 3.83. The van der Waals surface area contributed by atoms with E-state index in [1.165, 1.54) is 0 Å². The van der Waals surface area contributed by atoms with Crippen LogP contribution >= 0.6 is 11.6 Å². The minimum Gasteiger partial charge on any atom is -0.372 e. The Hall–Kier alpha value is -1.65. The number of hydrogen-bond donors (Lipinski definition) is 0. The third kappa shape index (κ3) is 2.74. The Labute approximate surface area is 128 Å².